The fourth-order valence-corrected chi connectivity index (χ4v) is 2.25. The van der Waals surface area contributed by atoms with Gasteiger partial charge in [-0.2, -0.15) is 5.10 Å². The predicted molar refractivity (Wildman–Crippen MR) is 80.3 cm³/mol. The van der Waals surface area contributed by atoms with Crippen molar-refractivity contribution in [3.8, 4) is 5.75 Å². The lowest BCUT2D eigenvalue weighted by atomic mass is 10.1. The maximum Gasteiger partial charge on any atom is 0.325 e. The Balaban J connectivity index is 2.15. The van der Waals surface area contributed by atoms with E-state index in [1.54, 1.807) is 25.3 Å². The minimum absolute atomic E-state index is 0.253. The van der Waals surface area contributed by atoms with Gasteiger partial charge in [-0.1, -0.05) is 0 Å². The number of rotatable bonds is 5. The highest BCUT2D eigenvalue weighted by atomic mass is 16.5. The van der Waals surface area contributed by atoms with E-state index in [2.05, 4.69) is 10.4 Å². The van der Waals surface area contributed by atoms with Gasteiger partial charge in [0.05, 0.1) is 7.11 Å². The molecule has 116 valence electrons. The topological polar surface area (TPSA) is 93.5 Å². The molecule has 0 fully saturated rings. The number of nitrogens with one attached hydrogen (secondary N) is 1. The molecule has 2 rings (SSSR count). The number of amides is 1. The number of carbonyl (C=O) groups is 2. The molecule has 0 saturated heterocycles. The second kappa shape index (κ2) is 6.30. The van der Waals surface area contributed by atoms with E-state index >= 15 is 0 Å². The van der Waals surface area contributed by atoms with Crippen molar-refractivity contribution in [3.05, 3.63) is 41.1 Å². The highest BCUT2D eigenvalue weighted by Crippen LogP contribution is 2.24. The summed E-state index contributed by atoms with van der Waals surface area (Å²) in [5, 5.41) is 15.3. The summed E-state index contributed by atoms with van der Waals surface area (Å²) in [5.74, 6) is -0.253. The number of aromatic nitrogens is 2. The molecule has 1 aromatic carbocycles. The molecule has 0 aliphatic rings. The number of aryl methyl sites for hydroxylation is 2. The van der Waals surface area contributed by atoms with Crippen LogP contribution in [0, 0.1) is 13.8 Å². The maximum atomic E-state index is 12.2. The number of anilines is 1. The minimum atomic E-state index is -0.998. The monoisotopic (exact) mass is 303 g/mol. The van der Waals surface area contributed by atoms with E-state index in [0.29, 0.717) is 11.4 Å². The Kier molecular flexibility index (Phi) is 4.45. The van der Waals surface area contributed by atoms with E-state index in [4.69, 9.17) is 9.84 Å². The molecule has 0 unspecified atom stereocenters. The molecule has 22 heavy (non-hydrogen) atoms. The Morgan fingerprint density at radius 3 is 2.50 bits per heavy atom. The van der Waals surface area contributed by atoms with Crippen LogP contribution < -0.4 is 10.1 Å². The Hall–Kier alpha value is -2.83. The lowest BCUT2D eigenvalue weighted by molar-refractivity contribution is -0.137. The molecule has 0 atom stereocenters. The summed E-state index contributed by atoms with van der Waals surface area (Å²) < 4.78 is 6.50. The van der Waals surface area contributed by atoms with Crippen LogP contribution in [0.1, 0.15) is 21.5 Å². The molecule has 0 bridgehead atoms. The summed E-state index contributed by atoms with van der Waals surface area (Å²) in [6, 6.07) is 5.01. The van der Waals surface area contributed by atoms with Gasteiger partial charge in [-0.25, -0.2) is 0 Å². The zero-order chi connectivity index (χ0) is 16.3. The van der Waals surface area contributed by atoms with E-state index in [1.165, 1.54) is 10.9 Å². The summed E-state index contributed by atoms with van der Waals surface area (Å²) in [6.45, 7) is 3.48. The van der Waals surface area contributed by atoms with Crippen LogP contribution in [0.5, 0.6) is 5.75 Å². The molecule has 0 aliphatic heterocycles. The second-order valence-corrected chi connectivity index (χ2v) is 4.89. The number of methoxy groups -OCH3 is 1. The van der Waals surface area contributed by atoms with E-state index in [0.717, 1.165) is 16.9 Å². The van der Waals surface area contributed by atoms with Crippen LogP contribution >= 0.6 is 0 Å². The quantitative estimate of drug-likeness (QED) is 0.879. The maximum absolute atomic E-state index is 12.2. The number of benzene rings is 1. The molecule has 1 heterocycles. The molecule has 0 aliphatic carbocycles. The van der Waals surface area contributed by atoms with Gasteiger partial charge in [-0.05, 0) is 37.1 Å². The number of hydrogen-bond acceptors (Lipinski definition) is 4. The summed E-state index contributed by atoms with van der Waals surface area (Å²) in [5.41, 5.74) is 2.22. The van der Waals surface area contributed by atoms with Crippen LogP contribution in [0.2, 0.25) is 0 Å². The minimum Gasteiger partial charge on any atom is -0.496 e. The van der Waals surface area contributed by atoms with E-state index in [9.17, 15) is 9.59 Å². The Labute approximate surface area is 127 Å². The molecular weight excluding hydrogens is 286 g/mol. The Morgan fingerprint density at radius 1 is 1.32 bits per heavy atom. The standard InChI is InChI=1S/C15H17N3O4/c1-9-6-11(7-10(2)14(9)22-3)15(21)16-12-4-5-18(17-12)8-13(19)20/h4-7H,8H2,1-3H3,(H,19,20)(H,16,17,21). The molecule has 7 heteroatoms. The van der Waals surface area contributed by atoms with Gasteiger partial charge < -0.3 is 15.2 Å². The normalized spacial score (nSPS) is 10.3. The largest absolute Gasteiger partial charge is 0.496 e. The molecule has 2 aromatic rings. The summed E-state index contributed by atoms with van der Waals surface area (Å²) >= 11 is 0. The second-order valence-electron chi connectivity index (χ2n) is 4.89. The van der Waals surface area contributed by atoms with Crippen molar-refractivity contribution in [2.75, 3.05) is 12.4 Å². The first kappa shape index (κ1) is 15.6. The van der Waals surface area contributed by atoms with Crippen LogP contribution in [0.25, 0.3) is 0 Å². The van der Waals surface area contributed by atoms with Crippen LogP contribution in [0.15, 0.2) is 24.4 Å². The van der Waals surface area contributed by atoms with Crippen molar-refractivity contribution in [2.45, 2.75) is 20.4 Å². The van der Waals surface area contributed by atoms with Crippen molar-refractivity contribution in [1.29, 1.82) is 0 Å². The third-order valence-electron chi connectivity index (χ3n) is 3.11. The van der Waals surface area contributed by atoms with Gasteiger partial charge in [0.25, 0.3) is 5.91 Å². The average molecular weight is 303 g/mol. The van der Waals surface area contributed by atoms with Crippen molar-refractivity contribution >= 4 is 17.7 Å². The fourth-order valence-electron chi connectivity index (χ4n) is 2.25. The van der Waals surface area contributed by atoms with E-state index in [-0.39, 0.29) is 12.5 Å². The average Bonchev–Trinajstić information content (AvgIpc) is 2.84. The molecule has 0 radical (unpaired) electrons. The fraction of sp³-hybridized carbons (Fsp3) is 0.267. The van der Waals surface area contributed by atoms with Gasteiger partial charge >= 0.3 is 5.97 Å². The molecular formula is C15H17N3O4. The van der Waals surface area contributed by atoms with Crippen LogP contribution in [-0.2, 0) is 11.3 Å². The highest BCUT2D eigenvalue weighted by Gasteiger charge is 2.12. The number of carboxylic acids is 1. The molecule has 1 amide bonds. The number of nitrogens with zero attached hydrogens (tertiary/aromatic N) is 2. The lowest BCUT2D eigenvalue weighted by Gasteiger charge is -2.10. The predicted octanol–water partition coefficient (Wildman–Crippen LogP) is 1.85. The number of aliphatic carboxylic acids is 1. The molecule has 0 spiro atoms. The van der Waals surface area contributed by atoms with Gasteiger partial charge in [0.1, 0.15) is 12.3 Å². The number of hydrogen-bond donors (Lipinski definition) is 2. The zero-order valence-corrected chi connectivity index (χ0v) is 12.6. The van der Waals surface area contributed by atoms with Crippen molar-refractivity contribution < 1.29 is 19.4 Å². The molecule has 1 aromatic heterocycles. The number of carboxylic acid groups (broad SMARTS) is 1. The van der Waals surface area contributed by atoms with Gasteiger partial charge in [-0.15, -0.1) is 0 Å². The van der Waals surface area contributed by atoms with E-state index < -0.39 is 5.97 Å². The zero-order valence-electron chi connectivity index (χ0n) is 12.6. The van der Waals surface area contributed by atoms with Gasteiger partial charge in [0.15, 0.2) is 5.82 Å². The summed E-state index contributed by atoms with van der Waals surface area (Å²) in [7, 11) is 1.59. The lowest BCUT2D eigenvalue weighted by Crippen LogP contribution is -2.14. The third kappa shape index (κ3) is 3.43. The first-order chi connectivity index (χ1) is 10.4. The molecule has 2 N–H and O–H groups in total. The smallest absolute Gasteiger partial charge is 0.325 e. The van der Waals surface area contributed by atoms with Gasteiger partial charge in [-0.3, -0.25) is 14.3 Å². The van der Waals surface area contributed by atoms with Crippen LogP contribution in [0.3, 0.4) is 0 Å². The van der Waals surface area contributed by atoms with Crippen molar-refractivity contribution in [1.82, 2.24) is 9.78 Å². The van der Waals surface area contributed by atoms with Gasteiger partial charge in [0, 0.05) is 17.8 Å². The summed E-state index contributed by atoms with van der Waals surface area (Å²) in [4.78, 5) is 22.8. The van der Waals surface area contributed by atoms with Crippen LogP contribution in [-0.4, -0.2) is 33.9 Å². The van der Waals surface area contributed by atoms with Crippen molar-refractivity contribution in [3.63, 3.8) is 0 Å². The van der Waals surface area contributed by atoms with Crippen molar-refractivity contribution in [2.24, 2.45) is 0 Å². The number of carbonyl (C=O) groups excluding carboxylic acids is 1. The molecule has 7 nitrogen and oxygen atoms in total. The van der Waals surface area contributed by atoms with E-state index in [1.807, 2.05) is 13.8 Å². The SMILES string of the molecule is COc1c(C)cc(C(=O)Nc2ccn(CC(=O)O)n2)cc1C. The molecule has 0 saturated carbocycles. The van der Waals surface area contributed by atoms with Gasteiger partial charge in [0.2, 0.25) is 0 Å². The number of ether oxygens (including phenoxy) is 1. The third-order valence-corrected chi connectivity index (χ3v) is 3.11. The Morgan fingerprint density at radius 2 is 1.95 bits per heavy atom. The summed E-state index contributed by atoms with van der Waals surface area (Å²) in [6.07, 6.45) is 1.49. The van der Waals surface area contributed by atoms with Crippen LogP contribution in [0.4, 0.5) is 5.82 Å². The first-order valence-corrected chi connectivity index (χ1v) is 6.62. The Bertz CT molecular complexity index is 698. The first-order valence-electron chi connectivity index (χ1n) is 6.62. The highest BCUT2D eigenvalue weighted by molar-refractivity contribution is 6.04.